The fourth-order valence-corrected chi connectivity index (χ4v) is 2.51. The van der Waals surface area contributed by atoms with Crippen molar-refractivity contribution in [3.8, 4) is 0 Å². The van der Waals surface area contributed by atoms with Gasteiger partial charge in [0.1, 0.15) is 11.3 Å². The van der Waals surface area contributed by atoms with Crippen LogP contribution in [-0.2, 0) is 0 Å². The summed E-state index contributed by atoms with van der Waals surface area (Å²) in [5, 5.41) is 0. The summed E-state index contributed by atoms with van der Waals surface area (Å²) >= 11 is 0. The van der Waals surface area contributed by atoms with E-state index in [0.717, 1.165) is 5.69 Å². The van der Waals surface area contributed by atoms with Crippen LogP contribution in [0.5, 0.6) is 0 Å². The molecule has 0 N–H and O–H groups in total. The number of carbonyl (C=O) groups is 1. The molecule has 20 heavy (non-hydrogen) atoms. The third-order valence-corrected chi connectivity index (χ3v) is 3.64. The number of halogens is 2. The van der Waals surface area contributed by atoms with E-state index < -0.39 is 5.92 Å². The Balaban J connectivity index is 1.95. The largest absolute Gasteiger partial charge is 0.365 e. The topological polar surface area (TPSA) is 37.6 Å². The zero-order valence-corrected chi connectivity index (χ0v) is 11.1. The molecule has 0 aliphatic carbocycles. The molecule has 0 atom stereocenters. The number of rotatable bonds is 3. The van der Waals surface area contributed by atoms with E-state index in [1.807, 2.05) is 0 Å². The molecule has 3 rings (SSSR count). The summed E-state index contributed by atoms with van der Waals surface area (Å²) in [5.74, 6) is -2.61. The van der Waals surface area contributed by atoms with E-state index in [4.69, 9.17) is 0 Å². The van der Waals surface area contributed by atoms with Crippen molar-refractivity contribution in [3.05, 3.63) is 30.2 Å². The van der Waals surface area contributed by atoms with Gasteiger partial charge in [-0.25, -0.2) is 13.8 Å². The zero-order chi connectivity index (χ0) is 14.3. The van der Waals surface area contributed by atoms with Gasteiger partial charge in [-0.05, 0) is 6.07 Å². The van der Waals surface area contributed by atoms with Gasteiger partial charge in [0.25, 0.3) is 5.92 Å². The van der Waals surface area contributed by atoms with E-state index in [2.05, 4.69) is 4.98 Å². The molecule has 4 nitrogen and oxygen atoms in total. The standard InChI is InChI=1S/C14H15F2N3O/c1-2-12(20)11-8-17-13-7-10(3-5-19(11)13)18-6-4-14(15,16)9-18/h3,5,7-8H,2,4,6,9H2,1H3. The summed E-state index contributed by atoms with van der Waals surface area (Å²) in [6.45, 7) is 1.87. The first-order valence-electron chi connectivity index (χ1n) is 6.63. The van der Waals surface area contributed by atoms with Crippen LogP contribution in [0.2, 0.25) is 0 Å². The molecule has 1 fully saturated rings. The number of fused-ring (bicyclic) bond motifs is 1. The first-order chi connectivity index (χ1) is 9.50. The number of carbonyl (C=O) groups excluding carboxylic acids is 1. The number of nitrogens with zero attached hydrogens (tertiary/aromatic N) is 3. The number of pyridine rings is 1. The van der Waals surface area contributed by atoms with E-state index in [1.54, 1.807) is 34.6 Å². The van der Waals surface area contributed by atoms with Crippen LogP contribution < -0.4 is 4.90 Å². The Morgan fingerprint density at radius 1 is 1.50 bits per heavy atom. The van der Waals surface area contributed by atoms with E-state index in [9.17, 15) is 13.6 Å². The molecule has 0 spiro atoms. The molecule has 0 aromatic carbocycles. The van der Waals surface area contributed by atoms with Crippen LogP contribution in [0.1, 0.15) is 30.3 Å². The molecule has 0 amide bonds. The number of imidazole rings is 1. The van der Waals surface area contributed by atoms with Crippen molar-refractivity contribution < 1.29 is 13.6 Å². The smallest absolute Gasteiger partial charge is 0.266 e. The fourth-order valence-electron chi connectivity index (χ4n) is 2.51. The van der Waals surface area contributed by atoms with Crippen LogP contribution in [-0.4, -0.2) is 34.2 Å². The predicted molar refractivity (Wildman–Crippen MR) is 71.6 cm³/mol. The van der Waals surface area contributed by atoms with E-state index in [0.29, 0.717) is 24.3 Å². The number of ketones is 1. The maximum atomic E-state index is 13.2. The minimum Gasteiger partial charge on any atom is -0.365 e. The van der Waals surface area contributed by atoms with E-state index in [-0.39, 0.29) is 18.7 Å². The predicted octanol–water partition coefficient (Wildman–Crippen LogP) is 2.77. The van der Waals surface area contributed by atoms with Gasteiger partial charge in [0.2, 0.25) is 0 Å². The summed E-state index contributed by atoms with van der Waals surface area (Å²) < 4.78 is 28.2. The van der Waals surface area contributed by atoms with Crippen LogP contribution in [0.15, 0.2) is 24.5 Å². The van der Waals surface area contributed by atoms with Crippen LogP contribution in [0.3, 0.4) is 0 Å². The number of hydrogen-bond acceptors (Lipinski definition) is 3. The van der Waals surface area contributed by atoms with Gasteiger partial charge in [0.15, 0.2) is 5.78 Å². The second-order valence-electron chi connectivity index (χ2n) is 5.06. The van der Waals surface area contributed by atoms with E-state index >= 15 is 0 Å². The number of aromatic nitrogens is 2. The van der Waals surface area contributed by atoms with Crippen molar-refractivity contribution in [2.75, 3.05) is 18.0 Å². The highest BCUT2D eigenvalue weighted by atomic mass is 19.3. The Morgan fingerprint density at radius 3 is 2.95 bits per heavy atom. The summed E-state index contributed by atoms with van der Waals surface area (Å²) in [5.41, 5.74) is 1.85. The lowest BCUT2D eigenvalue weighted by molar-refractivity contribution is 0.0257. The third-order valence-electron chi connectivity index (χ3n) is 3.64. The van der Waals surface area contributed by atoms with Crippen LogP contribution in [0.4, 0.5) is 14.5 Å². The molecular weight excluding hydrogens is 264 g/mol. The third kappa shape index (κ3) is 2.15. The lowest BCUT2D eigenvalue weighted by Crippen LogP contribution is -2.24. The first kappa shape index (κ1) is 13.0. The normalized spacial score (nSPS) is 17.9. The highest BCUT2D eigenvalue weighted by Gasteiger charge is 2.38. The maximum absolute atomic E-state index is 13.2. The van der Waals surface area contributed by atoms with Crippen molar-refractivity contribution in [3.63, 3.8) is 0 Å². The molecular formula is C14H15F2N3O. The Morgan fingerprint density at radius 2 is 2.30 bits per heavy atom. The summed E-state index contributed by atoms with van der Waals surface area (Å²) in [6.07, 6.45) is 3.54. The Kier molecular flexibility index (Phi) is 2.96. The molecule has 1 aliphatic rings. The fraction of sp³-hybridized carbons (Fsp3) is 0.429. The van der Waals surface area contributed by atoms with Gasteiger partial charge < -0.3 is 4.90 Å². The second kappa shape index (κ2) is 4.54. The minimum absolute atomic E-state index is 0.0120. The van der Waals surface area contributed by atoms with Gasteiger partial charge in [-0.15, -0.1) is 0 Å². The molecule has 1 saturated heterocycles. The molecule has 0 bridgehead atoms. The molecule has 0 radical (unpaired) electrons. The van der Waals surface area contributed by atoms with Gasteiger partial charge in [-0.3, -0.25) is 9.20 Å². The van der Waals surface area contributed by atoms with Gasteiger partial charge in [0, 0.05) is 37.3 Å². The van der Waals surface area contributed by atoms with Crippen LogP contribution in [0, 0.1) is 0 Å². The molecule has 106 valence electrons. The molecule has 0 saturated carbocycles. The van der Waals surface area contributed by atoms with Crippen molar-refractivity contribution in [2.45, 2.75) is 25.7 Å². The average Bonchev–Trinajstić information content (AvgIpc) is 3.00. The number of hydrogen-bond donors (Lipinski definition) is 0. The van der Waals surface area contributed by atoms with Crippen molar-refractivity contribution in [1.29, 1.82) is 0 Å². The monoisotopic (exact) mass is 279 g/mol. The highest BCUT2D eigenvalue weighted by Crippen LogP contribution is 2.31. The Bertz CT molecular complexity index is 665. The Hall–Kier alpha value is -1.98. The van der Waals surface area contributed by atoms with Gasteiger partial charge in [-0.1, -0.05) is 6.92 Å². The molecule has 0 unspecified atom stereocenters. The lowest BCUT2D eigenvalue weighted by Gasteiger charge is -2.18. The summed E-state index contributed by atoms with van der Waals surface area (Å²) in [6, 6.07) is 3.50. The average molecular weight is 279 g/mol. The van der Waals surface area contributed by atoms with E-state index in [1.165, 1.54) is 6.20 Å². The van der Waals surface area contributed by atoms with Crippen molar-refractivity contribution >= 4 is 17.1 Å². The Labute approximate surface area is 115 Å². The van der Waals surface area contributed by atoms with Gasteiger partial charge in [0.05, 0.1) is 12.7 Å². The molecule has 1 aliphatic heterocycles. The van der Waals surface area contributed by atoms with Crippen LogP contribution in [0.25, 0.3) is 5.65 Å². The number of alkyl halides is 2. The summed E-state index contributed by atoms with van der Waals surface area (Å²) in [4.78, 5) is 17.6. The molecule has 2 aromatic heterocycles. The van der Waals surface area contributed by atoms with Crippen molar-refractivity contribution in [1.82, 2.24) is 9.38 Å². The first-order valence-corrected chi connectivity index (χ1v) is 6.63. The maximum Gasteiger partial charge on any atom is 0.266 e. The minimum atomic E-state index is -2.62. The molecule has 3 heterocycles. The second-order valence-corrected chi connectivity index (χ2v) is 5.06. The summed E-state index contributed by atoms with van der Waals surface area (Å²) in [7, 11) is 0. The highest BCUT2D eigenvalue weighted by molar-refractivity contribution is 5.95. The lowest BCUT2D eigenvalue weighted by atomic mass is 10.2. The van der Waals surface area contributed by atoms with Gasteiger partial charge in [-0.2, -0.15) is 0 Å². The molecule has 2 aromatic rings. The zero-order valence-electron chi connectivity index (χ0n) is 11.1. The van der Waals surface area contributed by atoms with Crippen molar-refractivity contribution in [2.24, 2.45) is 0 Å². The van der Waals surface area contributed by atoms with Gasteiger partial charge >= 0.3 is 0 Å². The molecule has 6 heteroatoms. The quantitative estimate of drug-likeness (QED) is 0.811. The number of anilines is 1. The SMILES string of the molecule is CCC(=O)c1cnc2cc(N3CCC(F)(F)C3)ccn12. The van der Waals surface area contributed by atoms with Crippen LogP contribution >= 0.6 is 0 Å². The number of Topliss-reactive ketones (excluding diaryl/α,β-unsaturated/α-hetero) is 1.